The quantitative estimate of drug-likeness (QED) is 0.781. The van der Waals surface area contributed by atoms with Gasteiger partial charge in [0.1, 0.15) is 11.6 Å². The Morgan fingerprint density at radius 2 is 2.15 bits per heavy atom. The number of nitrogens with one attached hydrogen (secondary N) is 2. The lowest BCUT2D eigenvalue weighted by Gasteiger charge is -2.36. The number of hydrogen-bond acceptors (Lipinski definition) is 7. The minimum absolute atomic E-state index is 0.0730. The zero-order valence-corrected chi connectivity index (χ0v) is 14.9. The number of piperazine rings is 1. The number of tetrazole rings is 1. The summed E-state index contributed by atoms with van der Waals surface area (Å²) in [5, 5.41) is 26.4. The van der Waals surface area contributed by atoms with E-state index in [0.717, 1.165) is 11.4 Å². The number of halogens is 1. The summed E-state index contributed by atoms with van der Waals surface area (Å²) >= 11 is 6.42. The first-order valence-corrected chi connectivity index (χ1v) is 8.37. The second-order valence-corrected chi connectivity index (χ2v) is 6.09. The molecule has 2 aromatic rings. The van der Waals surface area contributed by atoms with Crippen molar-refractivity contribution in [1.29, 1.82) is 5.26 Å². The van der Waals surface area contributed by atoms with Crippen molar-refractivity contribution in [3.63, 3.8) is 0 Å². The van der Waals surface area contributed by atoms with E-state index in [4.69, 9.17) is 11.6 Å². The fourth-order valence-corrected chi connectivity index (χ4v) is 3.06. The molecule has 1 aromatic heterocycles. The standard InChI is InChI=1S/C16H17ClN8O/c1-11(26)24-5-7-25(8-6-24)15-13(17)3-2-4-14(15)19-10-12(9-18)16-20-22-23-21-16/h2-4,10,19H,5-8H2,1H3,(H,20,21,22,23). The van der Waals surface area contributed by atoms with Crippen LogP contribution >= 0.6 is 11.6 Å². The number of hydrogen-bond donors (Lipinski definition) is 2. The van der Waals surface area contributed by atoms with Gasteiger partial charge in [0.2, 0.25) is 11.7 Å². The predicted octanol–water partition coefficient (Wildman–Crippen LogP) is 1.50. The number of nitriles is 1. The molecule has 0 bridgehead atoms. The zero-order chi connectivity index (χ0) is 18.5. The average Bonchev–Trinajstić information content (AvgIpc) is 3.17. The second-order valence-electron chi connectivity index (χ2n) is 5.68. The van der Waals surface area contributed by atoms with Crippen molar-refractivity contribution < 1.29 is 4.79 Å². The molecular weight excluding hydrogens is 356 g/mol. The summed E-state index contributed by atoms with van der Waals surface area (Å²) in [6.45, 7) is 4.21. The molecule has 1 fully saturated rings. The fraction of sp³-hybridized carbons (Fsp3) is 0.312. The summed E-state index contributed by atoms with van der Waals surface area (Å²) in [6.07, 6.45) is 1.52. The molecule has 134 valence electrons. The van der Waals surface area contributed by atoms with Gasteiger partial charge >= 0.3 is 0 Å². The average molecular weight is 373 g/mol. The van der Waals surface area contributed by atoms with E-state index in [2.05, 4.69) is 30.8 Å². The van der Waals surface area contributed by atoms with Crippen molar-refractivity contribution in [2.45, 2.75) is 6.92 Å². The van der Waals surface area contributed by atoms with E-state index in [1.165, 1.54) is 6.20 Å². The first-order chi connectivity index (χ1) is 12.6. The zero-order valence-electron chi connectivity index (χ0n) is 14.1. The van der Waals surface area contributed by atoms with Gasteiger partial charge in [-0.2, -0.15) is 10.5 Å². The topological polar surface area (TPSA) is 114 Å². The van der Waals surface area contributed by atoms with Gasteiger partial charge in [-0.1, -0.05) is 17.7 Å². The van der Waals surface area contributed by atoms with Gasteiger partial charge in [-0.15, -0.1) is 10.2 Å². The van der Waals surface area contributed by atoms with E-state index in [1.807, 2.05) is 29.2 Å². The van der Waals surface area contributed by atoms with Crippen molar-refractivity contribution in [3.8, 4) is 6.07 Å². The maximum absolute atomic E-state index is 11.5. The maximum Gasteiger partial charge on any atom is 0.219 e. The van der Waals surface area contributed by atoms with Gasteiger partial charge in [0.15, 0.2) is 0 Å². The third-order valence-electron chi connectivity index (χ3n) is 4.11. The van der Waals surface area contributed by atoms with Gasteiger partial charge in [-0.3, -0.25) is 4.79 Å². The van der Waals surface area contributed by atoms with E-state index < -0.39 is 0 Å². The van der Waals surface area contributed by atoms with Crippen LogP contribution in [-0.2, 0) is 4.79 Å². The van der Waals surface area contributed by atoms with Crippen LogP contribution in [0.1, 0.15) is 12.7 Å². The van der Waals surface area contributed by atoms with Gasteiger partial charge in [-0.05, 0) is 17.3 Å². The van der Waals surface area contributed by atoms with E-state index in [9.17, 15) is 10.1 Å². The third-order valence-corrected chi connectivity index (χ3v) is 4.41. The Kier molecular flexibility index (Phi) is 5.34. The van der Waals surface area contributed by atoms with Crippen LogP contribution in [0, 0.1) is 11.3 Å². The third kappa shape index (κ3) is 3.75. The minimum Gasteiger partial charge on any atom is -0.365 e. The molecule has 0 atom stereocenters. The fourth-order valence-electron chi connectivity index (χ4n) is 2.77. The van der Waals surface area contributed by atoms with Crippen molar-refractivity contribution in [3.05, 3.63) is 35.2 Å². The van der Waals surface area contributed by atoms with E-state index in [0.29, 0.717) is 31.2 Å². The normalized spacial score (nSPS) is 14.9. The predicted molar refractivity (Wildman–Crippen MR) is 97.3 cm³/mol. The lowest BCUT2D eigenvalue weighted by molar-refractivity contribution is -0.129. The smallest absolute Gasteiger partial charge is 0.219 e. The van der Waals surface area contributed by atoms with Crippen LogP contribution in [-0.4, -0.2) is 57.6 Å². The van der Waals surface area contributed by atoms with Gasteiger partial charge in [-0.25, -0.2) is 0 Å². The van der Waals surface area contributed by atoms with Crippen LogP contribution in [0.2, 0.25) is 5.02 Å². The van der Waals surface area contributed by atoms with Crippen LogP contribution in [0.4, 0.5) is 11.4 Å². The molecule has 9 nitrogen and oxygen atoms in total. The first-order valence-electron chi connectivity index (χ1n) is 7.99. The molecule has 26 heavy (non-hydrogen) atoms. The molecule has 0 saturated carbocycles. The van der Waals surface area contributed by atoms with Crippen molar-refractivity contribution >= 4 is 34.5 Å². The molecule has 10 heteroatoms. The van der Waals surface area contributed by atoms with Crippen LogP contribution in [0.3, 0.4) is 0 Å². The van der Waals surface area contributed by atoms with E-state index >= 15 is 0 Å². The number of H-pyrrole nitrogens is 1. The molecule has 0 spiro atoms. The molecule has 1 aromatic carbocycles. The molecule has 3 rings (SSSR count). The number of allylic oxidation sites excluding steroid dienone is 1. The van der Waals surface area contributed by atoms with Gasteiger partial charge < -0.3 is 15.1 Å². The highest BCUT2D eigenvalue weighted by Crippen LogP contribution is 2.34. The summed E-state index contributed by atoms with van der Waals surface area (Å²) in [7, 11) is 0. The summed E-state index contributed by atoms with van der Waals surface area (Å²) in [6, 6.07) is 7.55. The number of amides is 1. The Hall–Kier alpha value is -3.12. The molecule has 1 saturated heterocycles. The SMILES string of the molecule is CC(=O)N1CCN(c2c(Cl)cccc2NC=C(C#N)c2nn[nH]n2)CC1. The van der Waals surface area contributed by atoms with Gasteiger partial charge in [0.05, 0.1) is 16.4 Å². The Morgan fingerprint density at radius 1 is 1.38 bits per heavy atom. The number of rotatable bonds is 4. The minimum atomic E-state index is 0.0730. The molecule has 0 aliphatic carbocycles. The molecule has 0 unspecified atom stereocenters. The number of nitrogens with zero attached hydrogens (tertiary/aromatic N) is 6. The van der Waals surface area contributed by atoms with Crippen molar-refractivity contribution in [1.82, 2.24) is 25.5 Å². The van der Waals surface area contributed by atoms with Crippen molar-refractivity contribution in [2.75, 3.05) is 36.4 Å². The number of aromatic amines is 1. The van der Waals surface area contributed by atoms with E-state index in [-0.39, 0.29) is 17.3 Å². The number of benzene rings is 1. The highest BCUT2D eigenvalue weighted by atomic mass is 35.5. The lowest BCUT2D eigenvalue weighted by Crippen LogP contribution is -2.48. The Balaban J connectivity index is 1.82. The number of carbonyl (C=O) groups is 1. The van der Waals surface area contributed by atoms with Crippen LogP contribution in [0.5, 0.6) is 0 Å². The maximum atomic E-state index is 11.5. The first kappa shape index (κ1) is 17.7. The highest BCUT2D eigenvalue weighted by molar-refractivity contribution is 6.34. The molecule has 2 N–H and O–H groups in total. The summed E-state index contributed by atoms with van der Waals surface area (Å²) < 4.78 is 0. The highest BCUT2D eigenvalue weighted by Gasteiger charge is 2.22. The van der Waals surface area contributed by atoms with Gasteiger partial charge in [0, 0.05) is 39.3 Å². The molecular formula is C16H17ClN8O. The largest absolute Gasteiger partial charge is 0.365 e. The van der Waals surface area contributed by atoms with Crippen LogP contribution in [0.15, 0.2) is 24.4 Å². The Morgan fingerprint density at radius 3 is 2.77 bits per heavy atom. The van der Waals surface area contributed by atoms with Crippen molar-refractivity contribution in [2.24, 2.45) is 0 Å². The number of anilines is 2. The molecule has 0 radical (unpaired) electrons. The second kappa shape index (κ2) is 7.84. The van der Waals surface area contributed by atoms with E-state index in [1.54, 1.807) is 6.92 Å². The summed E-state index contributed by atoms with van der Waals surface area (Å²) in [5.74, 6) is 0.280. The molecule has 1 amide bonds. The van der Waals surface area contributed by atoms with Crippen LogP contribution in [0.25, 0.3) is 5.57 Å². The lowest BCUT2D eigenvalue weighted by atomic mass is 10.2. The molecule has 2 heterocycles. The van der Waals surface area contributed by atoms with Gasteiger partial charge in [0.25, 0.3) is 0 Å². The molecule has 1 aliphatic rings. The molecule has 1 aliphatic heterocycles. The number of carbonyl (C=O) groups excluding carboxylic acids is 1. The Labute approximate surface area is 155 Å². The summed E-state index contributed by atoms with van der Waals surface area (Å²) in [5.41, 5.74) is 1.83. The Bertz CT molecular complexity index is 850. The summed E-state index contributed by atoms with van der Waals surface area (Å²) in [4.78, 5) is 15.4. The number of para-hydroxylation sites is 1. The van der Waals surface area contributed by atoms with Crippen LogP contribution < -0.4 is 10.2 Å². The number of aromatic nitrogens is 4. The monoisotopic (exact) mass is 372 g/mol.